The second-order valence-corrected chi connectivity index (χ2v) is 6.46. The summed E-state index contributed by atoms with van der Waals surface area (Å²) in [4.78, 5) is 17.4. The largest absolute Gasteiger partial charge is 0.503 e. The number of carbonyl (C=O) groups excluding carboxylic acids is 1. The van der Waals surface area contributed by atoms with Crippen LogP contribution in [0.25, 0.3) is 21.9 Å². The van der Waals surface area contributed by atoms with Crippen LogP contribution < -0.4 is 0 Å². The van der Waals surface area contributed by atoms with Crippen molar-refractivity contribution >= 4 is 27.8 Å². The summed E-state index contributed by atoms with van der Waals surface area (Å²) < 4.78 is 49.3. The van der Waals surface area contributed by atoms with Gasteiger partial charge in [0.25, 0.3) is 0 Å². The van der Waals surface area contributed by atoms with Crippen LogP contribution in [0.15, 0.2) is 30.5 Å². The van der Waals surface area contributed by atoms with Gasteiger partial charge in [0.2, 0.25) is 4.96 Å². The Bertz CT molecular complexity index is 1020. The van der Waals surface area contributed by atoms with Gasteiger partial charge in [-0.1, -0.05) is 23.5 Å². The van der Waals surface area contributed by atoms with Crippen molar-refractivity contribution in [2.24, 2.45) is 0 Å². The molecular weight excluding hydrogens is 383 g/mol. The maximum absolute atomic E-state index is 12.7. The van der Waals surface area contributed by atoms with Gasteiger partial charge in [0.05, 0.1) is 36.6 Å². The number of halogens is 3. The van der Waals surface area contributed by atoms with Crippen molar-refractivity contribution in [1.82, 2.24) is 14.6 Å². The number of hydrogen-bond donors (Lipinski definition) is 0. The predicted molar refractivity (Wildman–Crippen MR) is 93.0 cm³/mol. The lowest BCUT2D eigenvalue weighted by Gasteiger charge is -2.06. The molecule has 0 N–H and O–H groups in total. The highest BCUT2D eigenvalue weighted by Gasteiger charge is 2.30. The average Bonchev–Trinajstić information content (AvgIpc) is 3.18. The fourth-order valence-corrected chi connectivity index (χ4v) is 3.50. The molecule has 2 heterocycles. The van der Waals surface area contributed by atoms with Crippen LogP contribution in [0.5, 0.6) is 0 Å². The van der Waals surface area contributed by atoms with E-state index in [9.17, 15) is 18.0 Å². The molecule has 0 atom stereocenters. The number of aromatic nitrogens is 3. The Morgan fingerprint density at radius 3 is 2.41 bits per heavy atom. The van der Waals surface area contributed by atoms with E-state index in [4.69, 9.17) is 9.47 Å². The van der Waals surface area contributed by atoms with Crippen molar-refractivity contribution < 1.29 is 27.4 Å². The zero-order chi connectivity index (χ0) is 19.8. The van der Waals surface area contributed by atoms with E-state index in [2.05, 4.69) is 10.1 Å². The fourth-order valence-electron chi connectivity index (χ4n) is 2.45. The van der Waals surface area contributed by atoms with Crippen LogP contribution in [-0.2, 0) is 20.4 Å². The summed E-state index contributed by atoms with van der Waals surface area (Å²) in [6, 6.07) is 4.62. The molecular formula is C17H14F3N3O3S. The molecule has 0 fully saturated rings. The molecule has 6 nitrogen and oxygen atoms in total. The van der Waals surface area contributed by atoms with Crippen LogP contribution in [0, 0.1) is 6.92 Å². The molecule has 1 aromatic carbocycles. The monoisotopic (exact) mass is 397 g/mol. The lowest BCUT2D eigenvalue weighted by atomic mass is 10.1. The van der Waals surface area contributed by atoms with E-state index < -0.39 is 17.7 Å². The van der Waals surface area contributed by atoms with Gasteiger partial charge < -0.3 is 9.47 Å². The molecule has 0 spiro atoms. The fraction of sp³-hybridized carbons (Fsp3) is 0.235. The van der Waals surface area contributed by atoms with E-state index in [0.29, 0.717) is 26.9 Å². The molecule has 0 aliphatic heterocycles. The molecule has 2 aromatic heterocycles. The summed E-state index contributed by atoms with van der Waals surface area (Å²) in [5.74, 6) is -0.271. The maximum Gasteiger partial charge on any atom is 0.416 e. The second kappa shape index (κ2) is 7.03. The first-order valence-electron chi connectivity index (χ1n) is 7.61. The minimum Gasteiger partial charge on any atom is -0.503 e. The first-order chi connectivity index (χ1) is 12.8. The normalized spacial score (nSPS) is 12.4. The Morgan fingerprint density at radius 2 is 1.89 bits per heavy atom. The van der Waals surface area contributed by atoms with Crippen LogP contribution >= 0.6 is 11.3 Å². The quantitative estimate of drug-likeness (QED) is 0.379. The number of alkyl halides is 3. The van der Waals surface area contributed by atoms with E-state index in [1.807, 2.05) is 0 Å². The zero-order valence-electron chi connectivity index (χ0n) is 14.5. The smallest absolute Gasteiger partial charge is 0.416 e. The van der Waals surface area contributed by atoms with Crippen LogP contribution in [0.4, 0.5) is 13.2 Å². The van der Waals surface area contributed by atoms with E-state index in [1.54, 1.807) is 6.92 Å². The molecule has 27 heavy (non-hydrogen) atoms. The van der Waals surface area contributed by atoms with Crippen molar-refractivity contribution in [1.29, 1.82) is 0 Å². The van der Waals surface area contributed by atoms with E-state index in [-0.39, 0.29) is 5.57 Å². The number of esters is 1. The lowest BCUT2D eigenvalue weighted by molar-refractivity contribution is -0.137. The summed E-state index contributed by atoms with van der Waals surface area (Å²) in [5, 5.41) is 4.34. The third kappa shape index (κ3) is 3.52. The van der Waals surface area contributed by atoms with Crippen LogP contribution in [-0.4, -0.2) is 34.8 Å². The van der Waals surface area contributed by atoms with Gasteiger partial charge in [-0.05, 0) is 19.1 Å². The number of fused-ring (bicyclic) bond motifs is 1. The summed E-state index contributed by atoms with van der Waals surface area (Å²) in [5.41, 5.74) is 0.582. The van der Waals surface area contributed by atoms with E-state index in [0.717, 1.165) is 12.1 Å². The Balaban J connectivity index is 2.01. The standard InChI is InChI=1S/C17H14F3N3O3S/c1-9-13(12(8-25-2)15(24)26-3)27-16-21-14(22-23(9)16)10-4-6-11(7-5-10)17(18,19)20/h4-8H,1-3H3/b12-8-. The number of benzene rings is 1. The van der Waals surface area contributed by atoms with Gasteiger partial charge in [0.1, 0.15) is 5.57 Å². The average molecular weight is 397 g/mol. The van der Waals surface area contributed by atoms with Gasteiger partial charge in [-0.3, -0.25) is 0 Å². The van der Waals surface area contributed by atoms with Gasteiger partial charge in [-0.25, -0.2) is 9.31 Å². The van der Waals surface area contributed by atoms with Gasteiger partial charge in [-0.15, -0.1) is 5.10 Å². The Labute approximate surface area is 155 Å². The van der Waals surface area contributed by atoms with Gasteiger partial charge >= 0.3 is 12.1 Å². The van der Waals surface area contributed by atoms with Crippen molar-refractivity contribution in [2.75, 3.05) is 14.2 Å². The summed E-state index contributed by atoms with van der Waals surface area (Å²) in [6.07, 6.45) is -3.12. The predicted octanol–water partition coefficient (Wildman–Crippen LogP) is 3.95. The maximum atomic E-state index is 12.7. The third-order valence-electron chi connectivity index (χ3n) is 3.77. The van der Waals surface area contributed by atoms with Gasteiger partial charge in [0, 0.05) is 5.56 Å². The number of methoxy groups -OCH3 is 2. The molecule has 0 aliphatic rings. The summed E-state index contributed by atoms with van der Waals surface area (Å²) in [7, 11) is 2.68. The molecule has 0 amide bonds. The van der Waals surface area contributed by atoms with Gasteiger partial charge in [0.15, 0.2) is 5.82 Å². The van der Waals surface area contributed by atoms with E-state index >= 15 is 0 Å². The highest BCUT2D eigenvalue weighted by atomic mass is 32.1. The Kier molecular flexibility index (Phi) is 4.92. The Morgan fingerprint density at radius 1 is 1.22 bits per heavy atom. The summed E-state index contributed by atoms with van der Waals surface area (Å²) in [6.45, 7) is 1.75. The number of ether oxygens (including phenoxy) is 2. The van der Waals surface area contributed by atoms with Crippen molar-refractivity contribution in [3.05, 3.63) is 46.7 Å². The lowest BCUT2D eigenvalue weighted by Crippen LogP contribution is -2.05. The van der Waals surface area contributed by atoms with Crippen molar-refractivity contribution in [3.8, 4) is 11.4 Å². The zero-order valence-corrected chi connectivity index (χ0v) is 15.3. The SMILES string of the molecule is CO/C=C(\C(=O)OC)c1sc2nc(-c3ccc(C(F)(F)F)cc3)nn2c1C. The highest BCUT2D eigenvalue weighted by molar-refractivity contribution is 7.18. The topological polar surface area (TPSA) is 65.7 Å². The van der Waals surface area contributed by atoms with Crippen LogP contribution in [0.3, 0.4) is 0 Å². The van der Waals surface area contributed by atoms with Crippen LogP contribution in [0.2, 0.25) is 0 Å². The molecule has 10 heteroatoms. The number of aryl methyl sites for hydroxylation is 1. The first-order valence-corrected chi connectivity index (χ1v) is 8.43. The highest BCUT2D eigenvalue weighted by Crippen LogP contribution is 2.32. The van der Waals surface area contributed by atoms with Crippen LogP contribution in [0.1, 0.15) is 16.1 Å². The minimum atomic E-state index is -4.40. The molecule has 0 unspecified atom stereocenters. The molecule has 0 bridgehead atoms. The van der Waals surface area contributed by atoms with Gasteiger partial charge in [-0.2, -0.15) is 18.2 Å². The molecule has 0 saturated heterocycles. The minimum absolute atomic E-state index is 0.228. The van der Waals surface area contributed by atoms with E-state index in [1.165, 1.54) is 48.5 Å². The number of nitrogens with zero attached hydrogens (tertiary/aromatic N) is 3. The molecule has 142 valence electrons. The first kappa shape index (κ1) is 18.9. The summed E-state index contributed by atoms with van der Waals surface area (Å²) >= 11 is 1.20. The molecule has 0 radical (unpaired) electrons. The molecule has 3 aromatic rings. The molecule has 0 aliphatic carbocycles. The number of carbonyl (C=O) groups is 1. The van der Waals surface area contributed by atoms with Crippen molar-refractivity contribution in [2.45, 2.75) is 13.1 Å². The second-order valence-electron chi connectivity index (χ2n) is 5.48. The van der Waals surface area contributed by atoms with Crippen molar-refractivity contribution in [3.63, 3.8) is 0 Å². The number of thiazole rings is 1. The Hall–Kier alpha value is -2.88. The molecule has 0 saturated carbocycles. The third-order valence-corrected chi connectivity index (χ3v) is 4.94. The number of hydrogen-bond acceptors (Lipinski definition) is 6. The molecule has 3 rings (SSSR count). The number of rotatable bonds is 4.